The molecule has 0 nitrogen and oxygen atoms in total. The molecule has 6 aromatic carbocycles. The average molecular weight is 1040 g/mol. The second-order valence-electron chi connectivity index (χ2n) is 16.2. The molecule has 0 aliphatic heterocycles. The summed E-state index contributed by atoms with van der Waals surface area (Å²) >= 11 is -0.826. The van der Waals surface area contributed by atoms with E-state index in [0.717, 1.165) is 94.2 Å². The molecule has 2 radical (unpaired) electrons. The molecule has 0 atom stereocenters. The maximum absolute atomic E-state index is 13.2. The Morgan fingerprint density at radius 3 is 1.05 bits per heavy atom. The summed E-state index contributed by atoms with van der Waals surface area (Å²) in [5.41, 5.74) is -2.38. The van der Waals surface area contributed by atoms with Gasteiger partial charge in [-0.2, -0.15) is 64.8 Å². The van der Waals surface area contributed by atoms with Crippen molar-refractivity contribution in [2.75, 3.05) is 0 Å². The molecule has 64 heavy (non-hydrogen) atoms. The Morgan fingerprint density at radius 2 is 0.781 bits per heavy atom. The number of rotatable bonds is 6. The van der Waals surface area contributed by atoms with E-state index in [1.807, 2.05) is 36.4 Å². The molecular formula is C48H44Cl2F12SiZr. The molecular weight excluding hydrogens is 995 g/mol. The van der Waals surface area contributed by atoms with Gasteiger partial charge in [0.15, 0.2) is 0 Å². The van der Waals surface area contributed by atoms with E-state index in [1.54, 1.807) is 24.3 Å². The summed E-state index contributed by atoms with van der Waals surface area (Å²) in [6.45, 7) is 4.31. The first-order valence-corrected chi connectivity index (χ1v) is 28.9. The van der Waals surface area contributed by atoms with Gasteiger partial charge in [0.05, 0.1) is 22.3 Å². The predicted molar refractivity (Wildman–Crippen MR) is 230 cm³/mol. The monoisotopic (exact) mass is 1040 g/mol. The number of halogens is 14. The molecule has 0 spiro atoms. The van der Waals surface area contributed by atoms with E-state index < -0.39 is 67.8 Å². The predicted octanol–water partition coefficient (Wildman–Crippen LogP) is 18.2. The molecule has 0 saturated heterocycles. The Kier molecular flexibility index (Phi) is 18.0. The second-order valence-corrected chi connectivity index (χ2v) is 20.9. The van der Waals surface area contributed by atoms with Gasteiger partial charge in [0.2, 0.25) is 0 Å². The molecule has 0 N–H and O–H groups in total. The van der Waals surface area contributed by atoms with Crippen molar-refractivity contribution < 1.29 is 73.5 Å². The maximum atomic E-state index is 13.2. The minimum absolute atomic E-state index is 0.0734. The van der Waals surface area contributed by atoms with E-state index in [2.05, 4.69) is 13.1 Å². The van der Waals surface area contributed by atoms with E-state index in [0.29, 0.717) is 33.7 Å². The third-order valence-corrected chi connectivity index (χ3v) is 11.4. The van der Waals surface area contributed by atoms with Crippen molar-refractivity contribution >= 4 is 48.1 Å². The fourth-order valence-electron chi connectivity index (χ4n) is 8.65. The van der Waals surface area contributed by atoms with Crippen LogP contribution in [0, 0.1) is 11.8 Å². The van der Waals surface area contributed by atoms with Crippen LogP contribution in [-0.4, -0.2) is 9.52 Å². The third kappa shape index (κ3) is 14.0. The fourth-order valence-corrected chi connectivity index (χ4v) is 8.65. The van der Waals surface area contributed by atoms with Crippen LogP contribution in [0.4, 0.5) is 52.7 Å². The van der Waals surface area contributed by atoms with Crippen molar-refractivity contribution in [3.63, 3.8) is 0 Å². The van der Waals surface area contributed by atoms with Gasteiger partial charge in [-0.1, -0.05) is 87.7 Å². The first kappa shape index (κ1) is 51.9. The molecule has 2 fully saturated rings. The standard InChI is InChI=1S/2C23H19F6.C2H6Si.2ClH.Zr/c2*24-22(25,26)18-11-17(12-19(13-18)23(27,28)29)20-7-3-6-16-9-15(10-21(16)20)8-14-4-1-2-5-14;1-3-2;;;/h2*3,6-7,9-14H,1-2,4-5,8H2;1-2H3;2*1H;/q2*-1;;;;+4/p-2. The Bertz CT molecular complexity index is 2200. The van der Waals surface area contributed by atoms with Gasteiger partial charge in [-0.25, -0.2) is 0 Å². The van der Waals surface area contributed by atoms with Crippen molar-refractivity contribution in [3.8, 4) is 22.3 Å². The number of benzene rings is 4. The molecule has 2 saturated carbocycles. The van der Waals surface area contributed by atoms with Gasteiger partial charge in [-0.15, -0.1) is 69.1 Å². The van der Waals surface area contributed by atoms with Crippen LogP contribution < -0.4 is 0 Å². The zero-order valence-corrected chi connectivity index (χ0v) is 39.7. The van der Waals surface area contributed by atoms with Crippen molar-refractivity contribution in [3.05, 3.63) is 130 Å². The molecule has 0 aromatic heterocycles. The van der Waals surface area contributed by atoms with Crippen LogP contribution in [0.15, 0.2) is 97.1 Å². The zero-order valence-electron chi connectivity index (χ0n) is 34.8. The summed E-state index contributed by atoms with van der Waals surface area (Å²) < 4.78 is 159. The van der Waals surface area contributed by atoms with Crippen LogP contribution in [0.5, 0.6) is 0 Å². The topological polar surface area (TPSA) is 0 Å². The number of hydrogen-bond donors (Lipinski definition) is 0. The Labute approximate surface area is 385 Å². The van der Waals surface area contributed by atoms with Crippen LogP contribution in [-0.2, 0) is 58.4 Å². The van der Waals surface area contributed by atoms with Crippen molar-refractivity contribution in [1.29, 1.82) is 0 Å². The van der Waals surface area contributed by atoms with Gasteiger partial charge in [0, 0.05) is 9.52 Å². The van der Waals surface area contributed by atoms with Crippen molar-refractivity contribution in [1.82, 2.24) is 0 Å². The first-order valence-electron chi connectivity index (χ1n) is 20.6. The van der Waals surface area contributed by atoms with E-state index >= 15 is 0 Å². The van der Waals surface area contributed by atoms with E-state index in [1.165, 1.54) is 25.7 Å². The molecule has 16 heteroatoms. The second kappa shape index (κ2) is 22.2. The van der Waals surface area contributed by atoms with Gasteiger partial charge >= 0.3 is 62.6 Å². The molecule has 8 rings (SSSR count). The summed E-state index contributed by atoms with van der Waals surface area (Å²) in [5, 5.41) is 3.05. The van der Waals surface area contributed by atoms with Crippen LogP contribution in [0.1, 0.15) is 84.7 Å². The Hall–Kier alpha value is -3.06. The average Bonchev–Trinajstić information content (AvgIpc) is 4.05. The molecule has 2 aliphatic rings. The van der Waals surface area contributed by atoms with Gasteiger partial charge in [0.25, 0.3) is 0 Å². The van der Waals surface area contributed by atoms with Gasteiger partial charge in [0.1, 0.15) is 0 Å². The number of hydrogen-bond acceptors (Lipinski definition) is 0. The molecule has 2 aliphatic carbocycles. The van der Waals surface area contributed by atoms with Crippen molar-refractivity contribution in [2.24, 2.45) is 11.8 Å². The van der Waals surface area contributed by atoms with Crippen LogP contribution in [0.25, 0.3) is 43.8 Å². The van der Waals surface area contributed by atoms with E-state index in [-0.39, 0.29) is 23.3 Å². The summed E-state index contributed by atoms with van der Waals surface area (Å²) in [6.07, 6.45) is -8.15. The van der Waals surface area contributed by atoms with Gasteiger partial charge in [-0.3, -0.25) is 0 Å². The van der Waals surface area contributed by atoms with Gasteiger partial charge in [-0.05, 0) is 72.2 Å². The summed E-state index contributed by atoms with van der Waals surface area (Å²) in [7, 11) is 11.0. The number of alkyl halides is 12. The van der Waals surface area contributed by atoms with Crippen LogP contribution in [0.3, 0.4) is 0 Å². The molecule has 6 aromatic rings. The van der Waals surface area contributed by atoms with Gasteiger partial charge < -0.3 is 0 Å². The van der Waals surface area contributed by atoms with Crippen LogP contribution in [0.2, 0.25) is 13.1 Å². The quantitative estimate of drug-likeness (QED) is 0.0886. The molecule has 0 amide bonds. The minimum atomic E-state index is -4.86. The van der Waals surface area contributed by atoms with E-state index in [4.69, 9.17) is 17.0 Å². The van der Waals surface area contributed by atoms with Crippen LogP contribution >= 0.6 is 17.0 Å². The summed E-state index contributed by atoms with van der Waals surface area (Å²) in [6, 6.07) is 21.5. The molecule has 0 unspecified atom stereocenters. The summed E-state index contributed by atoms with van der Waals surface area (Å²) in [4.78, 5) is 0. The normalized spacial score (nSPS) is 15.0. The molecule has 0 heterocycles. The zero-order chi connectivity index (χ0) is 47.0. The Balaban J connectivity index is 0.000000215. The summed E-state index contributed by atoms with van der Waals surface area (Å²) in [5.74, 6) is 1.20. The van der Waals surface area contributed by atoms with Crippen molar-refractivity contribution in [2.45, 2.75) is 102 Å². The number of fused-ring (bicyclic) bond motifs is 2. The third-order valence-electron chi connectivity index (χ3n) is 11.4. The molecule has 0 bridgehead atoms. The Morgan fingerprint density at radius 1 is 0.500 bits per heavy atom. The molecule has 342 valence electrons. The first-order chi connectivity index (χ1) is 30.0. The fraction of sp³-hybridized carbons (Fsp3) is 0.375. The SMILES string of the molecule is C[Si]C.FC(F)(F)c1cc(-c2cccc3[cH-]c(CC4CCCC4)cc23)cc(C(F)(F)F)c1.FC(F)(F)c1cc(-c2cccc3[cH-]c(CC4CCCC4)cc23)cc(C(F)(F)F)c1.[Cl][Zr+2][Cl]. The van der Waals surface area contributed by atoms with E-state index in [9.17, 15) is 52.7 Å².